The first kappa shape index (κ1) is 20.1. The fourth-order valence-electron chi connectivity index (χ4n) is 2.63. The van der Waals surface area contributed by atoms with Crippen molar-refractivity contribution in [2.24, 2.45) is 0 Å². The quantitative estimate of drug-likeness (QED) is 0.572. The fourth-order valence-corrected chi connectivity index (χ4v) is 2.63. The average molecular weight is 398 g/mol. The number of hydrogen-bond donors (Lipinski definition) is 2. The molecule has 3 rings (SSSR count). The van der Waals surface area contributed by atoms with E-state index >= 15 is 0 Å². The maximum absolute atomic E-state index is 12.2. The zero-order valence-electron chi connectivity index (χ0n) is 16.1. The van der Waals surface area contributed by atoms with Crippen molar-refractivity contribution < 1.29 is 28.5 Å². The van der Waals surface area contributed by atoms with Crippen molar-refractivity contribution in [1.82, 2.24) is 10.9 Å². The van der Waals surface area contributed by atoms with Gasteiger partial charge in [-0.05, 0) is 42.8 Å². The highest BCUT2D eigenvalue weighted by atomic mass is 16.6. The molecule has 0 radical (unpaired) electrons. The first-order valence-electron chi connectivity index (χ1n) is 9.08. The van der Waals surface area contributed by atoms with Gasteiger partial charge in [0.15, 0.2) is 23.0 Å². The Kier molecular flexibility index (Phi) is 6.57. The van der Waals surface area contributed by atoms with E-state index < -0.39 is 17.9 Å². The van der Waals surface area contributed by atoms with Crippen LogP contribution in [0.15, 0.2) is 48.5 Å². The lowest BCUT2D eigenvalue weighted by Gasteiger charge is -2.25. The molecule has 0 saturated heterocycles. The molecule has 8 heteroatoms. The standard InChI is InChI=1S/C21H22N2O6/c1-3-27-16-10-8-14(12-18(16)26-2)9-11-20(24)22-23-21(25)19-13-28-15-6-4-5-7-17(15)29-19/h4-12,19H,3,13H2,1-2H3,(H,22,24)(H,23,25)/b11-9+. The van der Waals surface area contributed by atoms with Crippen LogP contribution in [-0.4, -0.2) is 38.2 Å². The number of methoxy groups -OCH3 is 1. The lowest BCUT2D eigenvalue weighted by Crippen LogP contribution is -2.50. The Morgan fingerprint density at radius 1 is 1.14 bits per heavy atom. The summed E-state index contributed by atoms with van der Waals surface area (Å²) < 4.78 is 21.8. The Morgan fingerprint density at radius 3 is 2.69 bits per heavy atom. The van der Waals surface area contributed by atoms with Crippen molar-refractivity contribution in [3.63, 3.8) is 0 Å². The SMILES string of the molecule is CCOc1ccc(/C=C/C(=O)NNC(=O)C2COc3ccccc3O2)cc1OC. The van der Waals surface area contributed by atoms with Crippen molar-refractivity contribution in [3.05, 3.63) is 54.1 Å². The van der Waals surface area contributed by atoms with Crippen LogP contribution in [0.25, 0.3) is 6.08 Å². The Morgan fingerprint density at radius 2 is 1.93 bits per heavy atom. The molecule has 2 aromatic carbocycles. The molecule has 2 N–H and O–H groups in total. The molecule has 0 aliphatic carbocycles. The number of fused-ring (bicyclic) bond motifs is 1. The molecule has 8 nitrogen and oxygen atoms in total. The second-order valence-corrected chi connectivity index (χ2v) is 6.02. The van der Waals surface area contributed by atoms with E-state index in [9.17, 15) is 9.59 Å². The molecule has 1 unspecified atom stereocenters. The Bertz CT molecular complexity index is 912. The first-order valence-corrected chi connectivity index (χ1v) is 9.08. The number of carbonyl (C=O) groups is 2. The molecule has 152 valence electrons. The van der Waals surface area contributed by atoms with Crippen LogP contribution in [-0.2, 0) is 9.59 Å². The molecular weight excluding hydrogens is 376 g/mol. The number of ether oxygens (including phenoxy) is 4. The monoisotopic (exact) mass is 398 g/mol. The summed E-state index contributed by atoms with van der Waals surface area (Å²) in [6.45, 7) is 2.46. The van der Waals surface area contributed by atoms with Gasteiger partial charge in [-0.15, -0.1) is 0 Å². The van der Waals surface area contributed by atoms with Crippen LogP contribution < -0.4 is 29.8 Å². The number of amides is 2. The Labute approximate surface area is 168 Å². The third-order valence-electron chi connectivity index (χ3n) is 4.02. The minimum Gasteiger partial charge on any atom is -0.493 e. The summed E-state index contributed by atoms with van der Waals surface area (Å²) in [7, 11) is 1.54. The van der Waals surface area contributed by atoms with Gasteiger partial charge < -0.3 is 18.9 Å². The highest BCUT2D eigenvalue weighted by molar-refractivity contribution is 5.93. The van der Waals surface area contributed by atoms with E-state index in [0.717, 1.165) is 5.56 Å². The van der Waals surface area contributed by atoms with Crippen LogP contribution in [0.5, 0.6) is 23.0 Å². The highest BCUT2D eigenvalue weighted by Crippen LogP contribution is 2.31. The van der Waals surface area contributed by atoms with Crippen LogP contribution >= 0.6 is 0 Å². The third kappa shape index (κ3) is 5.19. The van der Waals surface area contributed by atoms with E-state index in [1.165, 1.54) is 6.08 Å². The van der Waals surface area contributed by atoms with Gasteiger partial charge in [0.1, 0.15) is 6.61 Å². The highest BCUT2D eigenvalue weighted by Gasteiger charge is 2.27. The molecule has 0 fully saturated rings. The summed E-state index contributed by atoms with van der Waals surface area (Å²) in [5.74, 6) is 1.24. The predicted molar refractivity (Wildman–Crippen MR) is 106 cm³/mol. The van der Waals surface area contributed by atoms with Crippen LogP contribution in [0, 0.1) is 0 Å². The van der Waals surface area contributed by atoms with Crippen LogP contribution in [0.2, 0.25) is 0 Å². The van der Waals surface area contributed by atoms with E-state index in [4.69, 9.17) is 18.9 Å². The number of carbonyl (C=O) groups excluding carboxylic acids is 2. The molecule has 29 heavy (non-hydrogen) atoms. The maximum atomic E-state index is 12.2. The van der Waals surface area contributed by atoms with Gasteiger partial charge in [0, 0.05) is 6.08 Å². The maximum Gasteiger partial charge on any atom is 0.283 e. The van der Waals surface area contributed by atoms with Gasteiger partial charge >= 0.3 is 0 Å². The van der Waals surface area contributed by atoms with E-state index in [2.05, 4.69) is 10.9 Å². The van der Waals surface area contributed by atoms with Gasteiger partial charge in [-0.25, -0.2) is 0 Å². The number of rotatable bonds is 6. The molecular formula is C21H22N2O6. The van der Waals surface area contributed by atoms with Gasteiger partial charge in [-0.2, -0.15) is 0 Å². The molecule has 0 saturated carbocycles. The van der Waals surface area contributed by atoms with Crippen molar-refractivity contribution in [1.29, 1.82) is 0 Å². The van der Waals surface area contributed by atoms with Crippen LogP contribution in [0.4, 0.5) is 0 Å². The molecule has 0 spiro atoms. The normalized spacial score (nSPS) is 14.9. The zero-order chi connectivity index (χ0) is 20.6. The lowest BCUT2D eigenvalue weighted by atomic mass is 10.2. The topological polar surface area (TPSA) is 95.1 Å². The fraction of sp³-hybridized carbons (Fsp3) is 0.238. The number of hydrazine groups is 1. The number of benzene rings is 2. The van der Waals surface area contributed by atoms with Crippen LogP contribution in [0.3, 0.4) is 0 Å². The van der Waals surface area contributed by atoms with Crippen LogP contribution in [0.1, 0.15) is 12.5 Å². The van der Waals surface area contributed by atoms with Crippen molar-refractivity contribution in [3.8, 4) is 23.0 Å². The summed E-state index contributed by atoms with van der Waals surface area (Å²) in [5.41, 5.74) is 5.39. The molecule has 2 aromatic rings. The minimum absolute atomic E-state index is 0.0561. The van der Waals surface area contributed by atoms with Gasteiger partial charge in [0.25, 0.3) is 11.8 Å². The molecule has 1 aliphatic rings. The van der Waals surface area contributed by atoms with Crippen molar-refractivity contribution >= 4 is 17.9 Å². The molecule has 0 bridgehead atoms. The van der Waals surface area contributed by atoms with E-state index in [1.54, 1.807) is 49.6 Å². The van der Waals surface area contributed by atoms with Gasteiger partial charge in [0.2, 0.25) is 6.10 Å². The molecule has 0 aromatic heterocycles. The number of hydrogen-bond acceptors (Lipinski definition) is 6. The Balaban J connectivity index is 1.51. The van der Waals surface area contributed by atoms with Gasteiger partial charge in [-0.3, -0.25) is 20.4 Å². The summed E-state index contributed by atoms with van der Waals surface area (Å²) in [6.07, 6.45) is 2.03. The summed E-state index contributed by atoms with van der Waals surface area (Å²) in [6, 6.07) is 12.4. The number of para-hydroxylation sites is 2. The number of nitrogens with one attached hydrogen (secondary N) is 2. The lowest BCUT2D eigenvalue weighted by molar-refractivity contribution is -0.134. The molecule has 1 heterocycles. The zero-order valence-corrected chi connectivity index (χ0v) is 16.1. The summed E-state index contributed by atoms with van der Waals surface area (Å²) in [4.78, 5) is 24.2. The second kappa shape index (κ2) is 9.50. The van der Waals surface area contributed by atoms with Gasteiger partial charge in [0.05, 0.1) is 13.7 Å². The molecule has 1 aliphatic heterocycles. The van der Waals surface area contributed by atoms with E-state index in [0.29, 0.717) is 29.6 Å². The minimum atomic E-state index is -0.857. The third-order valence-corrected chi connectivity index (χ3v) is 4.02. The van der Waals surface area contributed by atoms with E-state index in [1.807, 2.05) is 13.0 Å². The van der Waals surface area contributed by atoms with E-state index in [-0.39, 0.29) is 6.61 Å². The summed E-state index contributed by atoms with van der Waals surface area (Å²) >= 11 is 0. The Hall–Kier alpha value is -3.68. The van der Waals surface area contributed by atoms with Crippen molar-refractivity contribution in [2.45, 2.75) is 13.0 Å². The molecule has 2 amide bonds. The van der Waals surface area contributed by atoms with Crippen molar-refractivity contribution in [2.75, 3.05) is 20.3 Å². The first-order chi connectivity index (χ1) is 14.1. The summed E-state index contributed by atoms with van der Waals surface area (Å²) in [5, 5.41) is 0. The second-order valence-electron chi connectivity index (χ2n) is 6.02. The molecule has 1 atom stereocenters. The predicted octanol–water partition coefficient (Wildman–Crippen LogP) is 2.09. The smallest absolute Gasteiger partial charge is 0.283 e. The largest absolute Gasteiger partial charge is 0.493 e. The van der Waals surface area contributed by atoms with Gasteiger partial charge in [-0.1, -0.05) is 18.2 Å². The average Bonchev–Trinajstić information content (AvgIpc) is 2.76.